The van der Waals surface area contributed by atoms with Crippen LogP contribution in [-0.4, -0.2) is 96.0 Å². The molecule has 1 heterocycles. The zero-order valence-corrected chi connectivity index (χ0v) is 39.9. The first-order chi connectivity index (χ1) is 30.0. The highest BCUT2D eigenvalue weighted by Gasteiger charge is 2.46. The Kier molecular flexibility index (Phi) is 37.1. The van der Waals surface area contributed by atoms with E-state index in [4.69, 9.17) is 18.9 Å². The van der Waals surface area contributed by atoms with Crippen molar-refractivity contribution in [3.05, 3.63) is 17.9 Å². The third kappa shape index (κ3) is 33.6. The number of carbonyl (C=O) groups excluding carboxylic acids is 2. The minimum Gasteiger partial charge on any atom is -0.462 e. The van der Waals surface area contributed by atoms with Gasteiger partial charge < -0.3 is 34.3 Å². The van der Waals surface area contributed by atoms with Crippen molar-refractivity contribution in [3.8, 4) is 0 Å². The lowest BCUT2D eigenvalue weighted by atomic mass is 10.00. The number of hydrogen-bond acceptors (Lipinski definition) is 11. The molecule has 62 heavy (non-hydrogen) atoms. The summed E-state index contributed by atoms with van der Waals surface area (Å²) in [6.07, 6.45) is 31.8. The van der Waals surface area contributed by atoms with Crippen LogP contribution in [0.2, 0.25) is 0 Å². The molecule has 2 unspecified atom stereocenters. The lowest BCUT2D eigenvalue weighted by Gasteiger charge is -2.40. The highest BCUT2D eigenvalue weighted by Crippen LogP contribution is 2.24. The van der Waals surface area contributed by atoms with Crippen LogP contribution in [0.4, 0.5) is 0 Å². The predicted molar refractivity (Wildman–Crippen MR) is 246 cm³/mol. The molecule has 1 aliphatic rings. The van der Waals surface area contributed by atoms with E-state index in [1.807, 2.05) is 0 Å². The van der Waals surface area contributed by atoms with Gasteiger partial charge in [-0.3, -0.25) is 14.1 Å². The molecule has 0 aromatic rings. The Morgan fingerprint density at radius 3 is 1.40 bits per heavy atom. The van der Waals surface area contributed by atoms with Crippen molar-refractivity contribution >= 4 is 22.1 Å². The Balaban J connectivity index is 2.39. The number of aliphatic hydroxyl groups is 3. The number of aliphatic hydroxyl groups excluding tert-OH is 3. The molecule has 13 heteroatoms. The van der Waals surface area contributed by atoms with Gasteiger partial charge in [-0.2, -0.15) is 8.42 Å². The van der Waals surface area contributed by atoms with Crippen molar-refractivity contribution < 1.29 is 56.8 Å². The molecule has 0 saturated carbocycles. The second-order valence-electron chi connectivity index (χ2n) is 17.6. The average Bonchev–Trinajstić information content (AvgIpc) is 3.24. The molecule has 12 nitrogen and oxygen atoms in total. The first-order valence-corrected chi connectivity index (χ1v) is 26.6. The Bertz CT molecular complexity index is 1250. The molecule has 1 saturated heterocycles. The van der Waals surface area contributed by atoms with E-state index in [0.29, 0.717) is 12.8 Å². The maximum atomic E-state index is 12.8. The van der Waals surface area contributed by atoms with Gasteiger partial charge in [-0.05, 0) is 50.7 Å². The minimum absolute atomic E-state index is 0.147. The zero-order valence-electron chi connectivity index (χ0n) is 39.0. The second kappa shape index (κ2) is 39.5. The van der Waals surface area contributed by atoms with Crippen LogP contribution >= 0.6 is 0 Å². The highest BCUT2D eigenvalue weighted by atomic mass is 32.2. The van der Waals surface area contributed by atoms with Gasteiger partial charge in [0.1, 0.15) is 36.8 Å². The highest BCUT2D eigenvalue weighted by molar-refractivity contribution is 7.85. The van der Waals surface area contributed by atoms with Gasteiger partial charge in [0.25, 0.3) is 10.1 Å². The quantitative estimate of drug-likeness (QED) is 0.0197. The fourth-order valence-electron chi connectivity index (χ4n) is 7.71. The molecule has 4 N–H and O–H groups in total. The van der Waals surface area contributed by atoms with Crippen LogP contribution in [-0.2, 0) is 38.7 Å². The summed E-state index contributed by atoms with van der Waals surface area (Å²) in [6.45, 7) is 3.76. The summed E-state index contributed by atoms with van der Waals surface area (Å²) in [5.41, 5.74) is 3.28. The van der Waals surface area contributed by atoms with E-state index >= 15 is 0 Å². The average molecular weight is 903 g/mol. The number of hydrogen-bond donors (Lipinski definition) is 4. The van der Waals surface area contributed by atoms with Crippen molar-refractivity contribution in [1.82, 2.24) is 0 Å². The number of ether oxygens (including phenoxy) is 4. The summed E-state index contributed by atoms with van der Waals surface area (Å²) in [6, 6.07) is 0. The number of esters is 2. The molecule has 1 rings (SSSR count). The molecule has 6 atom stereocenters. The zero-order chi connectivity index (χ0) is 45.5. The normalized spacial score (nSPS) is 19.5. The minimum atomic E-state index is -4.60. The van der Waals surface area contributed by atoms with Crippen molar-refractivity contribution in [2.24, 2.45) is 0 Å². The van der Waals surface area contributed by atoms with Gasteiger partial charge in [-0.25, -0.2) is 0 Å². The molecule has 1 fully saturated rings. The second-order valence-corrected chi connectivity index (χ2v) is 19.1. The number of unbranched alkanes of at least 4 members (excludes halogenated alkanes) is 28. The van der Waals surface area contributed by atoms with Crippen LogP contribution in [0.15, 0.2) is 17.9 Å². The Morgan fingerprint density at radius 1 is 0.565 bits per heavy atom. The molecule has 0 aromatic heterocycles. The Labute approximate surface area is 377 Å². The standard InChI is InChI=1S/C49H90O12S/c1-3-5-7-9-11-13-15-17-19-20-21-22-24-25-27-29-31-33-35-37-44(50)58-39-42(40-59-49-48(54)47(53)46(52)43(61-49)41-62(55,56)57)60-45(51)38-36-34-32-30-28-26-23-18-16-14-12-10-8-6-4-2/h16,23,42-43,46-49,52-54H,3-15,17,19-22,24-41H2,1-2H3,(H,55,56,57)/t18?,42-,43-,46-,47?,48?,49+/m1/s1. The van der Waals surface area contributed by atoms with Gasteiger partial charge in [0.2, 0.25) is 0 Å². The van der Waals surface area contributed by atoms with Crippen LogP contribution in [0.1, 0.15) is 226 Å². The van der Waals surface area contributed by atoms with Gasteiger partial charge in [-0.15, -0.1) is 5.73 Å². The first kappa shape index (κ1) is 58.2. The van der Waals surface area contributed by atoms with E-state index in [1.165, 1.54) is 128 Å². The van der Waals surface area contributed by atoms with E-state index in [-0.39, 0.29) is 19.4 Å². The van der Waals surface area contributed by atoms with E-state index in [0.717, 1.165) is 57.8 Å². The Hall–Kier alpha value is -1.83. The predicted octanol–water partition coefficient (Wildman–Crippen LogP) is 10.8. The number of rotatable bonds is 42. The van der Waals surface area contributed by atoms with Crippen LogP contribution in [0.5, 0.6) is 0 Å². The molecule has 0 radical (unpaired) electrons. The molecule has 0 spiro atoms. The lowest BCUT2D eigenvalue weighted by Crippen LogP contribution is -2.60. The van der Waals surface area contributed by atoms with E-state index in [9.17, 15) is 37.9 Å². The van der Waals surface area contributed by atoms with E-state index in [1.54, 1.807) is 0 Å². The van der Waals surface area contributed by atoms with Crippen molar-refractivity contribution in [1.29, 1.82) is 0 Å². The molecular formula is C49H90O12S. The third-order valence-electron chi connectivity index (χ3n) is 11.6. The van der Waals surface area contributed by atoms with Crippen molar-refractivity contribution in [2.45, 2.75) is 263 Å². The van der Waals surface area contributed by atoms with Crippen LogP contribution in [0.3, 0.4) is 0 Å². The van der Waals surface area contributed by atoms with E-state index < -0.39 is 71.2 Å². The number of carbonyl (C=O) groups is 2. The third-order valence-corrected chi connectivity index (χ3v) is 12.4. The van der Waals surface area contributed by atoms with Crippen molar-refractivity contribution in [2.75, 3.05) is 19.0 Å². The summed E-state index contributed by atoms with van der Waals surface area (Å²) in [7, 11) is -4.60. The molecule has 0 aliphatic carbocycles. The summed E-state index contributed by atoms with van der Waals surface area (Å²) < 4.78 is 54.2. The fourth-order valence-corrected chi connectivity index (χ4v) is 8.41. The summed E-state index contributed by atoms with van der Waals surface area (Å²) >= 11 is 0. The smallest absolute Gasteiger partial charge is 0.306 e. The maximum Gasteiger partial charge on any atom is 0.306 e. The van der Waals surface area contributed by atoms with Crippen molar-refractivity contribution in [3.63, 3.8) is 0 Å². The van der Waals surface area contributed by atoms with Gasteiger partial charge in [-0.1, -0.05) is 174 Å². The molecule has 0 amide bonds. The molecule has 0 bridgehead atoms. The van der Waals surface area contributed by atoms with E-state index in [2.05, 4.69) is 31.7 Å². The maximum absolute atomic E-state index is 12.8. The lowest BCUT2D eigenvalue weighted by molar-refractivity contribution is -0.297. The largest absolute Gasteiger partial charge is 0.462 e. The van der Waals surface area contributed by atoms with Gasteiger partial charge in [0, 0.05) is 12.8 Å². The molecule has 0 aromatic carbocycles. The van der Waals surface area contributed by atoms with Gasteiger partial charge in [0.15, 0.2) is 12.4 Å². The summed E-state index contributed by atoms with van der Waals surface area (Å²) in [5.74, 6) is -1.99. The molecule has 1 aliphatic heterocycles. The topological polar surface area (TPSA) is 186 Å². The van der Waals surface area contributed by atoms with Crippen LogP contribution in [0, 0.1) is 0 Å². The molecule has 364 valence electrons. The summed E-state index contributed by atoms with van der Waals surface area (Å²) in [5, 5.41) is 30.9. The van der Waals surface area contributed by atoms with Gasteiger partial charge in [0.05, 0.1) is 6.61 Å². The van der Waals surface area contributed by atoms with Crippen LogP contribution in [0.25, 0.3) is 0 Å². The molecular weight excluding hydrogens is 813 g/mol. The number of allylic oxidation sites excluding steroid dienone is 1. The van der Waals surface area contributed by atoms with Crippen LogP contribution < -0.4 is 0 Å². The Morgan fingerprint density at radius 2 is 0.968 bits per heavy atom. The first-order valence-electron chi connectivity index (χ1n) is 25.0. The fraction of sp³-hybridized carbons (Fsp3) is 0.898. The summed E-state index contributed by atoms with van der Waals surface area (Å²) in [4.78, 5) is 25.5. The SMILES string of the molecule is CCCCCCCC=C=CCCCCCCCC(=O)O[C@H](COC(=O)CCCCCCCCCCCCCCCCCCCCC)CO[C@H]1O[C@H](CS(=O)(=O)O)[C@@H](O)C(O)C1O. The van der Waals surface area contributed by atoms with Gasteiger partial charge >= 0.3 is 11.9 Å². The monoisotopic (exact) mass is 903 g/mol.